The van der Waals surface area contributed by atoms with Crippen LogP contribution in [-0.4, -0.2) is 11.5 Å². The van der Waals surface area contributed by atoms with E-state index < -0.39 is 0 Å². The molecule has 2 aromatic rings. The van der Waals surface area contributed by atoms with E-state index in [0.717, 1.165) is 22.4 Å². The predicted octanol–water partition coefficient (Wildman–Crippen LogP) is 3.73. The summed E-state index contributed by atoms with van der Waals surface area (Å²) >= 11 is 0. The van der Waals surface area contributed by atoms with Crippen LogP contribution < -0.4 is 5.32 Å². The van der Waals surface area contributed by atoms with Crippen LogP contribution in [-0.2, 0) is 0 Å². The molecule has 0 spiro atoms. The van der Waals surface area contributed by atoms with Crippen molar-refractivity contribution in [3.63, 3.8) is 0 Å². The molecule has 1 unspecified atom stereocenters. The number of para-hydroxylation sites is 1. The van der Waals surface area contributed by atoms with E-state index in [1.165, 1.54) is 0 Å². The van der Waals surface area contributed by atoms with Crippen molar-refractivity contribution in [3.8, 4) is 0 Å². The van der Waals surface area contributed by atoms with E-state index >= 15 is 0 Å². The van der Waals surface area contributed by atoms with E-state index in [4.69, 9.17) is 0 Å². The molecule has 1 atom stereocenters. The molecule has 0 radical (unpaired) electrons. The largest absolute Gasteiger partial charge is 0.372 e. The first kappa shape index (κ1) is 14.1. The lowest BCUT2D eigenvalue weighted by molar-refractivity contribution is -0.482. The number of hydrogen-bond donors (Lipinski definition) is 1. The average Bonchev–Trinajstić information content (AvgIpc) is 2.40. The minimum absolute atomic E-state index is 0.140. The summed E-state index contributed by atoms with van der Waals surface area (Å²) in [5, 5.41) is 14.2. The van der Waals surface area contributed by atoms with E-state index in [0.29, 0.717) is 0 Å². The van der Waals surface area contributed by atoms with Crippen LogP contribution in [0, 0.1) is 24.0 Å². The monoisotopic (exact) mass is 270 g/mol. The van der Waals surface area contributed by atoms with Gasteiger partial charge in [-0.15, -0.1) is 0 Å². The number of hydrogen-bond acceptors (Lipinski definition) is 3. The summed E-state index contributed by atoms with van der Waals surface area (Å²) in [6, 6.07) is 15.3. The quantitative estimate of drug-likeness (QED) is 0.665. The summed E-state index contributed by atoms with van der Waals surface area (Å²) < 4.78 is 0. The Kier molecular flexibility index (Phi) is 4.35. The summed E-state index contributed by atoms with van der Waals surface area (Å²) in [6.45, 7) is 3.82. The van der Waals surface area contributed by atoms with Gasteiger partial charge in [-0.1, -0.05) is 42.5 Å². The fourth-order valence-corrected chi connectivity index (χ4v) is 2.27. The second-order valence-electron chi connectivity index (χ2n) is 4.88. The highest BCUT2D eigenvalue weighted by Gasteiger charge is 2.19. The van der Waals surface area contributed by atoms with E-state index in [2.05, 4.69) is 5.32 Å². The zero-order valence-corrected chi connectivity index (χ0v) is 11.7. The van der Waals surface area contributed by atoms with Crippen molar-refractivity contribution in [2.45, 2.75) is 19.9 Å². The number of anilines is 1. The number of nitrogens with zero attached hydrogens (tertiary/aromatic N) is 1. The van der Waals surface area contributed by atoms with Gasteiger partial charge in [0, 0.05) is 10.6 Å². The van der Waals surface area contributed by atoms with E-state index in [9.17, 15) is 10.1 Å². The molecule has 4 heteroatoms. The zero-order chi connectivity index (χ0) is 14.5. The lowest BCUT2D eigenvalue weighted by Crippen LogP contribution is -2.21. The Bertz CT molecular complexity index is 611. The minimum Gasteiger partial charge on any atom is -0.372 e. The summed E-state index contributed by atoms with van der Waals surface area (Å²) in [7, 11) is 0. The molecule has 104 valence electrons. The Labute approximate surface area is 118 Å². The van der Waals surface area contributed by atoms with Crippen LogP contribution in [0.25, 0.3) is 0 Å². The standard InChI is InChI=1S/C16H18N2O2/c1-12-7-3-5-9-14(12)16(11-18(19)20)17-15-10-6-4-8-13(15)2/h3-10,16-17H,11H2,1-2H3. The van der Waals surface area contributed by atoms with E-state index in [-0.39, 0.29) is 17.5 Å². The van der Waals surface area contributed by atoms with Gasteiger partial charge in [0.1, 0.15) is 6.04 Å². The molecule has 0 saturated heterocycles. The molecule has 0 saturated carbocycles. The third-order valence-electron chi connectivity index (χ3n) is 3.37. The second-order valence-corrected chi connectivity index (χ2v) is 4.88. The maximum atomic E-state index is 10.9. The number of aryl methyl sites for hydroxylation is 2. The normalized spacial score (nSPS) is 11.9. The van der Waals surface area contributed by atoms with Gasteiger partial charge in [0.05, 0.1) is 0 Å². The van der Waals surface area contributed by atoms with Gasteiger partial charge < -0.3 is 5.32 Å². The van der Waals surface area contributed by atoms with Crippen molar-refractivity contribution in [1.82, 2.24) is 0 Å². The van der Waals surface area contributed by atoms with Gasteiger partial charge in [-0.3, -0.25) is 10.1 Å². The zero-order valence-electron chi connectivity index (χ0n) is 11.7. The van der Waals surface area contributed by atoms with E-state index in [1.807, 2.05) is 62.4 Å². The molecule has 0 aromatic heterocycles. The number of benzene rings is 2. The Balaban J connectivity index is 2.32. The third kappa shape index (κ3) is 3.35. The lowest BCUT2D eigenvalue weighted by Gasteiger charge is -2.19. The van der Waals surface area contributed by atoms with Crippen molar-refractivity contribution in [2.24, 2.45) is 0 Å². The van der Waals surface area contributed by atoms with Crippen LogP contribution in [0.5, 0.6) is 0 Å². The number of nitro groups is 1. The molecule has 1 N–H and O–H groups in total. The Morgan fingerprint density at radius 3 is 2.25 bits per heavy atom. The van der Waals surface area contributed by atoms with Gasteiger partial charge in [0.25, 0.3) is 0 Å². The lowest BCUT2D eigenvalue weighted by atomic mass is 10.0. The van der Waals surface area contributed by atoms with Gasteiger partial charge in [-0.25, -0.2) is 0 Å². The molecular weight excluding hydrogens is 252 g/mol. The second kappa shape index (κ2) is 6.19. The summed E-state index contributed by atoms with van der Waals surface area (Å²) in [5.41, 5.74) is 4.03. The molecule has 0 aliphatic carbocycles. The fraction of sp³-hybridized carbons (Fsp3) is 0.250. The molecule has 0 aliphatic rings. The van der Waals surface area contributed by atoms with Crippen molar-refractivity contribution < 1.29 is 4.92 Å². The van der Waals surface area contributed by atoms with Crippen LogP contribution in [0.15, 0.2) is 48.5 Å². The average molecular weight is 270 g/mol. The van der Waals surface area contributed by atoms with Crippen LogP contribution in [0.3, 0.4) is 0 Å². The Morgan fingerprint density at radius 1 is 1.05 bits per heavy atom. The van der Waals surface area contributed by atoms with Gasteiger partial charge in [-0.2, -0.15) is 0 Å². The van der Waals surface area contributed by atoms with Crippen LogP contribution in [0.1, 0.15) is 22.7 Å². The van der Waals surface area contributed by atoms with Crippen molar-refractivity contribution >= 4 is 5.69 Å². The minimum atomic E-state index is -0.327. The van der Waals surface area contributed by atoms with Crippen LogP contribution in [0.2, 0.25) is 0 Å². The highest BCUT2D eigenvalue weighted by molar-refractivity contribution is 5.52. The first-order chi connectivity index (χ1) is 9.58. The van der Waals surface area contributed by atoms with Gasteiger partial charge >= 0.3 is 0 Å². The molecule has 0 fully saturated rings. The van der Waals surface area contributed by atoms with Crippen molar-refractivity contribution in [3.05, 3.63) is 75.3 Å². The first-order valence-corrected chi connectivity index (χ1v) is 6.57. The smallest absolute Gasteiger partial charge is 0.227 e. The SMILES string of the molecule is Cc1ccccc1NC(C[N+](=O)[O-])c1ccccc1C. The molecule has 20 heavy (non-hydrogen) atoms. The molecule has 4 nitrogen and oxygen atoms in total. The topological polar surface area (TPSA) is 55.2 Å². The molecule has 0 bridgehead atoms. The number of nitrogens with one attached hydrogen (secondary N) is 1. The highest BCUT2D eigenvalue weighted by atomic mass is 16.6. The summed E-state index contributed by atoms with van der Waals surface area (Å²) in [5.74, 6) is 0. The molecule has 2 rings (SSSR count). The van der Waals surface area contributed by atoms with Crippen LogP contribution >= 0.6 is 0 Å². The first-order valence-electron chi connectivity index (χ1n) is 6.57. The van der Waals surface area contributed by atoms with Gasteiger partial charge in [0.15, 0.2) is 0 Å². The Morgan fingerprint density at radius 2 is 1.65 bits per heavy atom. The maximum absolute atomic E-state index is 10.9. The van der Waals surface area contributed by atoms with Crippen molar-refractivity contribution in [2.75, 3.05) is 11.9 Å². The van der Waals surface area contributed by atoms with Gasteiger partial charge in [0.2, 0.25) is 6.54 Å². The summed E-state index contributed by atoms with van der Waals surface area (Å²) in [4.78, 5) is 10.7. The van der Waals surface area contributed by atoms with Crippen molar-refractivity contribution in [1.29, 1.82) is 0 Å². The molecule has 0 heterocycles. The molecule has 2 aromatic carbocycles. The van der Waals surface area contributed by atoms with Gasteiger partial charge in [-0.05, 0) is 36.6 Å². The van der Waals surface area contributed by atoms with Crippen LogP contribution in [0.4, 0.5) is 5.69 Å². The number of rotatable bonds is 5. The third-order valence-corrected chi connectivity index (χ3v) is 3.37. The fourth-order valence-electron chi connectivity index (χ4n) is 2.27. The Hall–Kier alpha value is -2.36. The molecule has 0 aliphatic heterocycles. The highest BCUT2D eigenvalue weighted by Crippen LogP contribution is 2.24. The summed E-state index contributed by atoms with van der Waals surface area (Å²) in [6.07, 6.45) is 0. The molecule has 0 amide bonds. The molecular formula is C16H18N2O2. The predicted molar refractivity (Wildman–Crippen MR) is 80.6 cm³/mol. The van der Waals surface area contributed by atoms with E-state index in [1.54, 1.807) is 0 Å². The maximum Gasteiger partial charge on any atom is 0.227 e.